The summed E-state index contributed by atoms with van der Waals surface area (Å²) in [5.74, 6) is -1.63. The first-order valence-corrected chi connectivity index (χ1v) is 4.42. The van der Waals surface area contributed by atoms with E-state index in [4.69, 9.17) is 24.4 Å². The summed E-state index contributed by atoms with van der Waals surface area (Å²) < 4.78 is 33.1. The Bertz CT molecular complexity index is 551. The second-order valence-corrected chi connectivity index (χ2v) is 3.16. The van der Waals surface area contributed by atoms with Gasteiger partial charge in [0.15, 0.2) is 11.5 Å². The van der Waals surface area contributed by atoms with E-state index in [-0.39, 0.29) is 29.9 Å². The van der Waals surface area contributed by atoms with Gasteiger partial charge in [0.1, 0.15) is 12.1 Å². The number of aliphatic carboxylic acids is 1. The van der Waals surface area contributed by atoms with Gasteiger partial charge in [-0.1, -0.05) is 6.04 Å². The fourth-order valence-electron chi connectivity index (χ4n) is 1.20. The molecule has 2 atom stereocenters. The van der Waals surface area contributed by atoms with Crippen LogP contribution in [0.15, 0.2) is 18.1 Å². The number of nitrogens with two attached hydrogens (primary N) is 1. The molecule has 1 aliphatic rings. The lowest BCUT2D eigenvalue weighted by Gasteiger charge is -2.15. The van der Waals surface area contributed by atoms with E-state index in [0.717, 1.165) is 0 Å². The number of carboxylic acid groups (broad SMARTS) is 1. The molecule has 2 rings (SSSR count). The Hall–Kier alpha value is -1.79. The van der Waals surface area contributed by atoms with Crippen LogP contribution in [-0.4, -0.2) is 29.0 Å². The average molecular weight is 228 g/mol. The lowest BCUT2D eigenvalue weighted by Crippen LogP contribution is -2.36. The van der Waals surface area contributed by atoms with Crippen molar-refractivity contribution in [2.24, 2.45) is 5.73 Å². The largest absolute Gasteiger partial charge is 0.480 e. The van der Waals surface area contributed by atoms with Gasteiger partial charge < -0.3 is 25.4 Å². The molecule has 0 spiro atoms. The van der Waals surface area contributed by atoms with Crippen LogP contribution in [0.3, 0.4) is 0 Å². The molecule has 0 unspecified atom stereocenters. The SMILES string of the molecule is [2H]c1c([2H])c([C@@H](O)[C@H](N)C(=O)O)c([2H])c2c1OCO2. The summed E-state index contributed by atoms with van der Waals surface area (Å²) in [4.78, 5) is 10.7. The minimum Gasteiger partial charge on any atom is -0.480 e. The summed E-state index contributed by atoms with van der Waals surface area (Å²) in [5.41, 5.74) is 4.92. The van der Waals surface area contributed by atoms with Crippen molar-refractivity contribution >= 4 is 5.97 Å². The normalized spacial score (nSPS) is 19.5. The van der Waals surface area contributed by atoms with E-state index >= 15 is 0 Å². The number of hydrogen-bond acceptors (Lipinski definition) is 5. The Morgan fingerprint density at radius 2 is 2.19 bits per heavy atom. The van der Waals surface area contributed by atoms with E-state index in [1.54, 1.807) is 0 Å². The molecule has 0 radical (unpaired) electrons. The van der Waals surface area contributed by atoms with Gasteiger partial charge in [-0.3, -0.25) is 4.79 Å². The van der Waals surface area contributed by atoms with Crippen molar-refractivity contribution in [2.45, 2.75) is 12.1 Å². The summed E-state index contributed by atoms with van der Waals surface area (Å²) in [5, 5.41) is 18.6. The number of ether oxygens (including phenoxy) is 2. The molecule has 0 saturated heterocycles. The Balaban J connectivity index is 2.58. The van der Waals surface area contributed by atoms with E-state index in [9.17, 15) is 9.90 Å². The summed E-state index contributed by atoms with van der Waals surface area (Å²) in [6.45, 7) is -0.197. The van der Waals surface area contributed by atoms with Crippen LogP contribution < -0.4 is 15.2 Å². The molecule has 1 aliphatic heterocycles. The van der Waals surface area contributed by atoms with Gasteiger partial charge in [-0.05, 0) is 17.6 Å². The lowest BCUT2D eigenvalue weighted by molar-refractivity contribution is -0.141. The molecule has 6 nitrogen and oxygen atoms in total. The zero-order valence-electron chi connectivity index (χ0n) is 11.1. The van der Waals surface area contributed by atoms with Gasteiger partial charge in [-0.2, -0.15) is 0 Å². The molecule has 0 amide bonds. The highest BCUT2D eigenvalue weighted by Crippen LogP contribution is 2.34. The summed E-state index contributed by atoms with van der Waals surface area (Å²) in [7, 11) is 0. The van der Waals surface area contributed by atoms with Crippen molar-refractivity contribution in [1.29, 1.82) is 0 Å². The maximum Gasteiger partial charge on any atom is 0.323 e. The zero-order valence-corrected chi connectivity index (χ0v) is 8.06. The second-order valence-electron chi connectivity index (χ2n) is 3.16. The van der Waals surface area contributed by atoms with Crippen molar-refractivity contribution in [3.8, 4) is 11.5 Å². The van der Waals surface area contributed by atoms with Crippen LogP contribution in [0, 0.1) is 0 Å². The minimum absolute atomic E-state index is 0.0603. The zero-order chi connectivity index (χ0) is 14.3. The number of carboxylic acids is 1. The molecular formula is C10H11NO5. The number of carbonyl (C=O) groups is 1. The number of aliphatic hydroxyl groups is 1. The van der Waals surface area contributed by atoms with E-state index in [0.29, 0.717) is 0 Å². The number of fused-ring (bicyclic) bond motifs is 1. The van der Waals surface area contributed by atoms with Gasteiger partial charge >= 0.3 is 5.97 Å². The van der Waals surface area contributed by atoms with Gasteiger partial charge in [-0.25, -0.2) is 0 Å². The van der Waals surface area contributed by atoms with Crippen molar-refractivity contribution < 1.29 is 28.6 Å². The molecule has 0 saturated carbocycles. The molecule has 4 N–H and O–H groups in total. The molecule has 16 heavy (non-hydrogen) atoms. The maximum atomic E-state index is 10.7. The molecule has 1 heterocycles. The molecule has 1 aromatic carbocycles. The molecule has 0 bridgehead atoms. The fraction of sp³-hybridized carbons (Fsp3) is 0.300. The van der Waals surface area contributed by atoms with Gasteiger partial charge in [0, 0.05) is 0 Å². The quantitative estimate of drug-likeness (QED) is 0.665. The Labute approximate surface area is 95.4 Å². The Morgan fingerprint density at radius 3 is 2.88 bits per heavy atom. The Kier molecular flexibility index (Phi) is 1.87. The summed E-state index contributed by atoms with van der Waals surface area (Å²) >= 11 is 0. The van der Waals surface area contributed by atoms with Gasteiger partial charge in [0.05, 0.1) is 4.11 Å². The highest BCUT2D eigenvalue weighted by atomic mass is 16.7. The summed E-state index contributed by atoms with van der Waals surface area (Å²) in [6.07, 6.45) is -1.78. The predicted octanol–water partition coefficient (Wildman–Crippen LogP) is -0.139. The van der Waals surface area contributed by atoms with E-state index in [2.05, 4.69) is 0 Å². The topological polar surface area (TPSA) is 102 Å². The van der Waals surface area contributed by atoms with Crippen molar-refractivity contribution in [2.75, 3.05) is 6.79 Å². The monoisotopic (exact) mass is 228 g/mol. The third-order valence-corrected chi connectivity index (χ3v) is 2.09. The first kappa shape index (κ1) is 7.48. The van der Waals surface area contributed by atoms with E-state index < -0.39 is 30.2 Å². The molecule has 0 fully saturated rings. The molecule has 0 aromatic heterocycles. The van der Waals surface area contributed by atoms with Crippen LogP contribution in [0.4, 0.5) is 0 Å². The van der Waals surface area contributed by atoms with Crippen LogP contribution in [-0.2, 0) is 4.79 Å². The van der Waals surface area contributed by atoms with Gasteiger partial charge in [0.25, 0.3) is 0 Å². The number of rotatable bonds is 3. The first-order chi connectivity index (χ1) is 8.86. The number of hydrogen-bond donors (Lipinski definition) is 3. The third-order valence-electron chi connectivity index (χ3n) is 2.09. The van der Waals surface area contributed by atoms with Crippen LogP contribution in [0.25, 0.3) is 0 Å². The molecule has 0 aliphatic carbocycles. The lowest BCUT2D eigenvalue weighted by atomic mass is 10.0. The predicted molar refractivity (Wildman–Crippen MR) is 53.1 cm³/mol. The highest BCUT2D eigenvalue weighted by Gasteiger charge is 2.25. The van der Waals surface area contributed by atoms with E-state index in [1.807, 2.05) is 0 Å². The third kappa shape index (κ3) is 1.80. The average Bonchev–Trinajstić information content (AvgIpc) is 2.84. The molecule has 1 aromatic rings. The van der Waals surface area contributed by atoms with Crippen molar-refractivity contribution in [1.82, 2.24) is 0 Å². The van der Waals surface area contributed by atoms with Gasteiger partial charge in [-0.15, -0.1) is 0 Å². The molecular weight excluding hydrogens is 214 g/mol. The maximum absolute atomic E-state index is 10.7. The standard InChI is InChI=1S/C10H11NO5/c11-8(10(13)14)9(12)5-1-2-6-7(3-5)16-4-15-6/h1-3,8-9,12H,4,11H2,(H,13,14)/t8-,9+/m0/s1/i1D,2D,3D. The van der Waals surface area contributed by atoms with Crippen LogP contribution in [0.5, 0.6) is 11.5 Å². The summed E-state index contributed by atoms with van der Waals surface area (Å²) in [6, 6.07) is -2.97. The minimum atomic E-state index is -1.78. The van der Waals surface area contributed by atoms with Crippen LogP contribution in [0.2, 0.25) is 0 Å². The first-order valence-electron chi connectivity index (χ1n) is 5.92. The number of benzene rings is 1. The van der Waals surface area contributed by atoms with Crippen LogP contribution in [0.1, 0.15) is 15.8 Å². The van der Waals surface area contributed by atoms with Crippen molar-refractivity contribution in [3.05, 3.63) is 23.7 Å². The second kappa shape index (κ2) is 3.99. The smallest absolute Gasteiger partial charge is 0.323 e. The fourth-order valence-corrected chi connectivity index (χ4v) is 1.20. The van der Waals surface area contributed by atoms with Crippen molar-refractivity contribution in [3.63, 3.8) is 0 Å². The highest BCUT2D eigenvalue weighted by molar-refractivity contribution is 5.74. The molecule has 6 heteroatoms. The van der Waals surface area contributed by atoms with Crippen LogP contribution >= 0.6 is 0 Å². The van der Waals surface area contributed by atoms with Gasteiger partial charge in [0.2, 0.25) is 6.79 Å². The van der Waals surface area contributed by atoms with E-state index in [1.165, 1.54) is 0 Å². The number of aliphatic hydroxyl groups excluding tert-OH is 1. The Morgan fingerprint density at radius 1 is 1.50 bits per heavy atom. The molecule has 86 valence electrons.